The Labute approximate surface area is 102 Å². The first kappa shape index (κ1) is 11.9. The Kier molecular flexibility index (Phi) is 3.29. The molecule has 0 amide bonds. The molecule has 0 spiro atoms. The van der Waals surface area contributed by atoms with E-state index in [2.05, 4.69) is 47.7 Å². The highest BCUT2D eigenvalue weighted by atomic mass is 15.1. The lowest BCUT2D eigenvalue weighted by molar-refractivity contribution is 0.698. The Balaban J connectivity index is 2.32. The van der Waals surface area contributed by atoms with Crippen LogP contribution in [-0.2, 0) is 0 Å². The number of nitrogens with two attached hydrogens (primary N) is 1. The first-order valence-electron chi connectivity index (χ1n) is 6.00. The van der Waals surface area contributed by atoms with Gasteiger partial charge >= 0.3 is 0 Å². The van der Waals surface area contributed by atoms with E-state index in [0.717, 1.165) is 17.8 Å². The Morgan fingerprint density at radius 1 is 1.24 bits per heavy atom. The molecule has 0 saturated heterocycles. The van der Waals surface area contributed by atoms with Crippen LogP contribution in [-0.4, -0.2) is 9.55 Å². The van der Waals surface area contributed by atoms with Gasteiger partial charge in [0.15, 0.2) is 0 Å². The molecule has 17 heavy (non-hydrogen) atoms. The SMILES string of the molecule is CC[C@@H](N)c1ccc(-n2cnc(C)c2C)cc1. The second-order valence-electron chi connectivity index (χ2n) is 4.39. The van der Waals surface area contributed by atoms with Crippen molar-refractivity contribution in [1.82, 2.24) is 9.55 Å². The smallest absolute Gasteiger partial charge is 0.0997 e. The molecule has 1 heterocycles. The van der Waals surface area contributed by atoms with Crippen molar-refractivity contribution >= 4 is 0 Å². The van der Waals surface area contributed by atoms with Crippen molar-refractivity contribution in [3.05, 3.63) is 47.5 Å². The van der Waals surface area contributed by atoms with Crippen molar-refractivity contribution < 1.29 is 0 Å². The number of hydrogen-bond acceptors (Lipinski definition) is 2. The van der Waals surface area contributed by atoms with Crippen molar-refractivity contribution in [2.45, 2.75) is 33.2 Å². The van der Waals surface area contributed by atoms with Crippen LogP contribution in [0.5, 0.6) is 0 Å². The fourth-order valence-corrected chi connectivity index (χ4v) is 1.88. The maximum absolute atomic E-state index is 6.00. The van der Waals surface area contributed by atoms with Crippen LogP contribution >= 0.6 is 0 Å². The molecule has 1 aromatic carbocycles. The number of benzene rings is 1. The summed E-state index contributed by atoms with van der Waals surface area (Å²) in [4.78, 5) is 4.30. The molecule has 2 aromatic rings. The van der Waals surface area contributed by atoms with Gasteiger partial charge < -0.3 is 10.3 Å². The van der Waals surface area contributed by atoms with E-state index in [4.69, 9.17) is 5.73 Å². The summed E-state index contributed by atoms with van der Waals surface area (Å²) in [6.45, 7) is 6.20. The van der Waals surface area contributed by atoms with Crippen LogP contribution in [0.3, 0.4) is 0 Å². The van der Waals surface area contributed by atoms with Gasteiger partial charge in [0.1, 0.15) is 0 Å². The fourth-order valence-electron chi connectivity index (χ4n) is 1.88. The Morgan fingerprint density at radius 3 is 2.35 bits per heavy atom. The van der Waals surface area contributed by atoms with Crippen LogP contribution in [0, 0.1) is 13.8 Å². The normalized spacial score (nSPS) is 12.7. The largest absolute Gasteiger partial charge is 0.324 e. The van der Waals surface area contributed by atoms with Gasteiger partial charge in [-0.05, 0) is 38.0 Å². The molecule has 3 heteroatoms. The summed E-state index contributed by atoms with van der Waals surface area (Å²) in [6, 6.07) is 8.52. The fraction of sp³-hybridized carbons (Fsp3) is 0.357. The number of hydrogen-bond donors (Lipinski definition) is 1. The summed E-state index contributed by atoms with van der Waals surface area (Å²) in [5.74, 6) is 0. The molecule has 2 rings (SSSR count). The van der Waals surface area contributed by atoms with E-state index in [-0.39, 0.29) is 6.04 Å². The van der Waals surface area contributed by atoms with Crippen LogP contribution in [0.4, 0.5) is 0 Å². The van der Waals surface area contributed by atoms with E-state index in [1.165, 1.54) is 11.3 Å². The van der Waals surface area contributed by atoms with Gasteiger partial charge in [0.25, 0.3) is 0 Å². The minimum Gasteiger partial charge on any atom is -0.324 e. The maximum Gasteiger partial charge on any atom is 0.0997 e. The summed E-state index contributed by atoms with van der Waals surface area (Å²) in [7, 11) is 0. The molecule has 0 radical (unpaired) electrons. The van der Waals surface area contributed by atoms with Crippen molar-refractivity contribution in [3.8, 4) is 5.69 Å². The van der Waals surface area contributed by atoms with E-state index in [9.17, 15) is 0 Å². The second-order valence-corrected chi connectivity index (χ2v) is 4.39. The van der Waals surface area contributed by atoms with E-state index < -0.39 is 0 Å². The first-order valence-corrected chi connectivity index (χ1v) is 6.00. The molecule has 3 nitrogen and oxygen atoms in total. The molecular formula is C14H19N3. The molecule has 0 aliphatic rings. The summed E-state index contributed by atoms with van der Waals surface area (Å²) in [5, 5.41) is 0. The topological polar surface area (TPSA) is 43.8 Å². The third-order valence-electron chi connectivity index (χ3n) is 3.29. The molecule has 0 bridgehead atoms. The molecule has 90 valence electrons. The third kappa shape index (κ3) is 2.24. The van der Waals surface area contributed by atoms with E-state index in [0.29, 0.717) is 0 Å². The molecule has 1 atom stereocenters. The lowest BCUT2D eigenvalue weighted by atomic mass is 10.1. The van der Waals surface area contributed by atoms with E-state index >= 15 is 0 Å². The predicted octanol–water partition coefficient (Wildman–Crippen LogP) is 2.90. The van der Waals surface area contributed by atoms with Crippen molar-refractivity contribution in [1.29, 1.82) is 0 Å². The van der Waals surface area contributed by atoms with Gasteiger partial charge in [-0.25, -0.2) is 4.98 Å². The zero-order valence-corrected chi connectivity index (χ0v) is 10.6. The van der Waals surface area contributed by atoms with Crippen LogP contribution in [0.25, 0.3) is 5.69 Å². The van der Waals surface area contributed by atoms with E-state index in [1.54, 1.807) is 0 Å². The van der Waals surface area contributed by atoms with Crippen molar-refractivity contribution in [3.63, 3.8) is 0 Å². The molecule has 0 unspecified atom stereocenters. The van der Waals surface area contributed by atoms with Gasteiger partial charge in [-0.2, -0.15) is 0 Å². The van der Waals surface area contributed by atoms with Crippen LogP contribution < -0.4 is 5.73 Å². The molecule has 0 saturated carbocycles. The summed E-state index contributed by atoms with van der Waals surface area (Å²) >= 11 is 0. The maximum atomic E-state index is 6.00. The minimum atomic E-state index is 0.134. The van der Waals surface area contributed by atoms with E-state index in [1.807, 2.05) is 13.3 Å². The Hall–Kier alpha value is -1.61. The average molecular weight is 229 g/mol. The number of rotatable bonds is 3. The van der Waals surface area contributed by atoms with Gasteiger partial charge in [-0.15, -0.1) is 0 Å². The summed E-state index contributed by atoms with van der Waals surface area (Å²) in [6.07, 6.45) is 2.82. The summed E-state index contributed by atoms with van der Waals surface area (Å²) < 4.78 is 2.09. The zero-order valence-electron chi connectivity index (χ0n) is 10.6. The number of imidazole rings is 1. The molecule has 1 aromatic heterocycles. The quantitative estimate of drug-likeness (QED) is 0.879. The van der Waals surface area contributed by atoms with Gasteiger partial charge in [0.05, 0.1) is 12.0 Å². The third-order valence-corrected chi connectivity index (χ3v) is 3.29. The van der Waals surface area contributed by atoms with Gasteiger partial charge in [-0.1, -0.05) is 19.1 Å². The van der Waals surface area contributed by atoms with Crippen LogP contribution in [0.1, 0.15) is 36.3 Å². The van der Waals surface area contributed by atoms with Crippen LogP contribution in [0.15, 0.2) is 30.6 Å². The zero-order chi connectivity index (χ0) is 12.4. The number of nitrogens with zero attached hydrogens (tertiary/aromatic N) is 2. The predicted molar refractivity (Wildman–Crippen MR) is 70.3 cm³/mol. The first-order chi connectivity index (χ1) is 8.13. The van der Waals surface area contributed by atoms with Gasteiger partial charge in [-0.3, -0.25) is 0 Å². The minimum absolute atomic E-state index is 0.134. The standard InChI is InChI=1S/C14H19N3/c1-4-14(15)12-5-7-13(8-6-12)17-9-16-10(2)11(17)3/h5-9,14H,4,15H2,1-3H3/t14-/m1/s1. The highest BCUT2D eigenvalue weighted by molar-refractivity contribution is 5.38. The van der Waals surface area contributed by atoms with Gasteiger partial charge in [0.2, 0.25) is 0 Å². The molecule has 0 fully saturated rings. The number of aromatic nitrogens is 2. The van der Waals surface area contributed by atoms with Crippen molar-refractivity contribution in [2.24, 2.45) is 5.73 Å². The lowest BCUT2D eigenvalue weighted by Gasteiger charge is -2.11. The molecular weight excluding hydrogens is 210 g/mol. The monoisotopic (exact) mass is 229 g/mol. The Morgan fingerprint density at radius 2 is 1.88 bits per heavy atom. The Bertz CT molecular complexity index is 497. The van der Waals surface area contributed by atoms with Gasteiger partial charge in [0, 0.05) is 17.4 Å². The highest BCUT2D eigenvalue weighted by Gasteiger charge is 2.06. The second kappa shape index (κ2) is 4.72. The molecule has 0 aliphatic heterocycles. The van der Waals surface area contributed by atoms with Crippen LogP contribution in [0.2, 0.25) is 0 Å². The van der Waals surface area contributed by atoms with Crippen molar-refractivity contribution in [2.75, 3.05) is 0 Å². The molecule has 2 N–H and O–H groups in total. The lowest BCUT2D eigenvalue weighted by Crippen LogP contribution is -2.08. The summed E-state index contributed by atoms with van der Waals surface area (Å²) in [5.41, 5.74) is 10.6. The average Bonchev–Trinajstić information content (AvgIpc) is 2.69. The highest BCUT2D eigenvalue weighted by Crippen LogP contribution is 2.18. The number of aryl methyl sites for hydroxylation is 1. The molecule has 0 aliphatic carbocycles.